The first-order chi connectivity index (χ1) is 8.20. The van der Waals surface area contributed by atoms with Gasteiger partial charge >= 0.3 is 0 Å². The Morgan fingerprint density at radius 3 is 2.88 bits per heavy atom. The Morgan fingerprint density at radius 2 is 2.29 bits per heavy atom. The van der Waals surface area contributed by atoms with Crippen LogP contribution in [0.3, 0.4) is 0 Å². The highest BCUT2D eigenvalue weighted by atomic mass is 32.1. The Labute approximate surface area is 101 Å². The Balaban J connectivity index is 2.19. The highest BCUT2D eigenvalue weighted by molar-refractivity contribution is 7.09. The predicted octanol–water partition coefficient (Wildman–Crippen LogP) is 0.779. The summed E-state index contributed by atoms with van der Waals surface area (Å²) in [5.74, 6) is 5.03. The van der Waals surface area contributed by atoms with Crippen LogP contribution in [0.5, 0.6) is 0 Å². The largest absolute Gasteiger partial charge is 0.324 e. The molecule has 2 rings (SSSR count). The van der Waals surface area contributed by atoms with Gasteiger partial charge in [-0.05, 0) is 35.9 Å². The number of aromatic nitrogens is 3. The third-order valence-corrected chi connectivity index (χ3v) is 2.67. The minimum Gasteiger partial charge on any atom is -0.324 e. The van der Waals surface area contributed by atoms with E-state index in [-0.39, 0.29) is 5.91 Å². The molecule has 1 amide bonds. The third kappa shape index (κ3) is 2.55. The van der Waals surface area contributed by atoms with Gasteiger partial charge in [-0.15, -0.1) is 0 Å². The zero-order valence-corrected chi connectivity index (χ0v) is 9.78. The fraction of sp³-hybridized carbons (Fsp3) is 0.111. The van der Waals surface area contributed by atoms with Crippen LogP contribution in [0, 0.1) is 6.92 Å². The molecular weight excluding hydrogens is 240 g/mol. The van der Waals surface area contributed by atoms with Gasteiger partial charge in [0.2, 0.25) is 5.13 Å². The van der Waals surface area contributed by atoms with Gasteiger partial charge in [0.15, 0.2) is 0 Å². The standard InChI is InChI=1S/C9H10N6OS/c1-5-4-6(12-10)2-3-7(5)8(16)11-9-13-14-15-17-9/h2-4,12H,10H2,1H3,(H,11,13,15,16). The van der Waals surface area contributed by atoms with Crippen molar-refractivity contribution in [2.45, 2.75) is 6.92 Å². The number of hydrogen-bond donors (Lipinski definition) is 3. The van der Waals surface area contributed by atoms with E-state index in [1.54, 1.807) is 18.2 Å². The van der Waals surface area contributed by atoms with Crippen LogP contribution in [0.4, 0.5) is 10.8 Å². The number of nitrogens with one attached hydrogen (secondary N) is 2. The van der Waals surface area contributed by atoms with E-state index in [9.17, 15) is 4.79 Å². The molecule has 2 aromatic rings. The number of amides is 1. The van der Waals surface area contributed by atoms with Crippen molar-refractivity contribution < 1.29 is 4.79 Å². The Morgan fingerprint density at radius 1 is 1.47 bits per heavy atom. The molecule has 0 saturated heterocycles. The summed E-state index contributed by atoms with van der Waals surface area (Å²) in [6.07, 6.45) is 0. The summed E-state index contributed by atoms with van der Waals surface area (Å²) in [7, 11) is 0. The maximum atomic E-state index is 11.9. The molecular formula is C9H10N6OS. The van der Waals surface area contributed by atoms with Gasteiger partial charge in [-0.2, -0.15) is 0 Å². The second-order valence-corrected chi connectivity index (χ2v) is 4.03. The average Bonchev–Trinajstić information content (AvgIpc) is 2.81. The fourth-order valence-corrected chi connectivity index (χ4v) is 1.72. The lowest BCUT2D eigenvalue weighted by atomic mass is 10.1. The van der Waals surface area contributed by atoms with Gasteiger partial charge in [0.05, 0.1) is 0 Å². The van der Waals surface area contributed by atoms with Crippen LogP contribution in [0.2, 0.25) is 0 Å². The normalized spacial score (nSPS) is 10.0. The lowest BCUT2D eigenvalue weighted by Crippen LogP contribution is -2.14. The fourth-order valence-electron chi connectivity index (χ4n) is 1.35. The molecule has 1 aromatic carbocycles. The lowest BCUT2D eigenvalue weighted by Gasteiger charge is -2.07. The molecule has 0 bridgehead atoms. The number of nitrogen functional groups attached to an aromatic ring is 1. The summed E-state index contributed by atoms with van der Waals surface area (Å²) in [4.78, 5) is 11.9. The number of hydrogen-bond acceptors (Lipinski definition) is 7. The van der Waals surface area contributed by atoms with Crippen LogP contribution >= 0.6 is 11.5 Å². The van der Waals surface area contributed by atoms with Crippen LogP contribution in [0.25, 0.3) is 0 Å². The Bertz CT molecular complexity index is 526. The Kier molecular flexibility index (Phi) is 3.26. The quantitative estimate of drug-likeness (QED) is 0.549. The summed E-state index contributed by atoms with van der Waals surface area (Å²) in [6.45, 7) is 1.83. The highest BCUT2D eigenvalue weighted by Gasteiger charge is 2.11. The van der Waals surface area contributed by atoms with E-state index < -0.39 is 0 Å². The zero-order valence-electron chi connectivity index (χ0n) is 8.97. The van der Waals surface area contributed by atoms with Crippen LogP contribution in [0.15, 0.2) is 18.2 Å². The van der Waals surface area contributed by atoms with Gasteiger partial charge in [0.25, 0.3) is 5.91 Å². The molecule has 0 aliphatic heterocycles. The van der Waals surface area contributed by atoms with E-state index in [0.29, 0.717) is 10.7 Å². The van der Waals surface area contributed by atoms with Crippen molar-refractivity contribution in [3.8, 4) is 0 Å². The molecule has 1 aromatic heterocycles. The summed E-state index contributed by atoms with van der Waals surface area (Å²) in [5.41, 5.74) is 4.63. The highest BCUT2D eigenvalue weighted by Crippen LogP contribution is 2.16. The molecule has 17 heavy (non-hydrogen) atoms. The number of carbonyl (C=O) groups excluding carboxylic acids is 1. The predicted molar refractivity (Wildman–Crippen MR) is 64.6 cm³/mol. The SMILES string of the molecule is Cc1cc(NN)ccc1C(=O)Nc1nnns1. The molecule has 7 nitrogen and oxygen atoms in total. The maximum absolute atomic E-state index is 11.9. The van der Waals surface area contributed by atoms with Crippen molar-refractivity contribution in [1.82, 2.24) is 14.8 Å². The van der Waals surface area contributed by atoms with Crippen molar-refractivity contribution in [3.63, 3.8) is 0 Å². The van der Waals surface area contributed by atoms with Crippen molar-refractivity contribution in [3.05, 3.63) is 29.3 Å². The van der Waals surface area contributed by atoms with E-state index in [1.807, 2.05) is 6.92 Å². The van der Waals surface area contributed by atoms with E-state index in [0.717, 1.165) is 22.8 Å². The molecule has 0 radical (unpaired) electrons. The second kappa shape index (κ2) is 4.85. The lowest BCUT2D eigenvalue weighted by molar-refractivity contribution is 0.102. The van der Waals surface area contributed by atoms with Crippen molar-refractivity contribution in [1.29, 1.82) is 0 Å². The molecule has 0 saturated carbocycles. The van der Waals surface area contributed by atoms with Crippen LogP contribution < -0.4 is 16.6 Å². The van der Waals surface area contributed by atoms with E-state index in [4.69, 9.17) is 5.84 Å². The van der Waals surface area contributed by atoms with Gasteiger partial charge < -0.3 is 5.43 Å². The summed E-state index contributed by atoms with van der Waals surface area (Å²) >= 11 is 1.02. The second-order valence-electron chi connectivity index (χ2n) is 3.30. The molecule has 0 unspecified atom stereocenters. The number of anilines is 2. The van der Waals surface area contributed by atoms with Gasteiger partial charge in [0, 0.05) is 22.8 Å². The maximum Gasteiger partial charge on any atom is 0.257 e. The van der Waals surface area contributed by atoms with Gasteiger partial charge in [-0.25, -0.2) is 0 Å². The first-order valence-electron chi connectivity index (χ1n) is 4.74. The average molecular weight is 250 g/mol. The van der Waals surface area contributed by atoms with Gasteiger partial charge in [-0.1, -0.05) is 9.59 Å². The summed E-state index contributed by atoms with van der Waals surface area (Å²) < 4.78 is 3.56. The van der Waals surface area contributed by atoms with Gasteiger partial charge in [-0.3, -0.25) is 16.0 Å². The number of nitrogens with two attached hydrogens (primary N) is 1. The molecule has 0 aliphatic carbocycles. The van der Waals surface area contributed by atoms with E-state index >= 15 is 0 Å². The van der Waals surface area contributed by atoms with E-state index in [2.05, 4.69) is 25.5 Å². The first kappa shape index (κ1) is 11.4. The number of carbonyl (C=O) groups is 1. The molecule has 0 aliphatic rings. The van der Waals surface area contributed by atoms with Crippen molar-refractivity contribution >= 4 is 28.3 Å². The Hall–Kier alpha value is -2.06. The number of benzene rings is 1. The van der Waals surface area contributed by atoms with Crippen molar-refractivity contribution in [2.24, 2.45) is 5.84 Å². The van der Waals surface area contributed by atoms with Crippen LogP contribution in [-0.2, 0) is 0 Å². The summed E-state index contributed by atoms with van der Waals surface area (Å²) in [6, 6.07) is 5.20. The van der Waals surface area contributed by atoms with E-state index in [1.165, 1.54) is 0 Å². The van der Waals surface area contributed by atoms with Crippen LogP contribution in [-0.4, -0.2) is 20.7 Å². The summed E-state index contributed by atoms with van der Waals surface area (Å²) in [5, 5.41) is 10.0. The molecule has 0 fully saturated rings. The number of nitrogens with zero attached hydrogens (tertiary/aromatic N) is 3. The minimum absolute atomic E-state index is 0.246. The molecule has 1 heterocycles. The molecule has 0 spiro atoms. The van der Waals surface area contributed by atoms with Gasteiger partial charge in [0.1, 0.15) is 0 Å². The molecule has 88 valence electrons. The topological polar surface area (TPSA) is 106 Å². The third-order valence-electron chi connectivity index (χ3n) is 2.16. The number of hydrazine groups is 1. The monoisotopic (exact) mass is 250 g/mol. The zero-order chi connectivity index (χ0) is 12.3. The molecule has 8 heteroatoms. The number of rotatable bonds is 3. The smallest absolute Gasteiger partial charge is 0.257 e. The van der Waals surface area contributed by atoms with Crippen LogP contribution in [0.1, 0.15) is 15.9 Å². The van der Waals surface area contributed by atoms with Crippen molar-refractivity contribution in [2.75, 3.05) is 10.7 Å². The minimum atomic E-state index is -0.246. The number of aryl methyl sites for hydroxylation is 1. The molecule has 0 atom stereocenters. The molecule has 4 N–H and O–H groups in total. The first-order valence-corrected chi connectivity index (χ1v) is 5.51.